The van der Waals surface area contributed by atoms with Gasteiger partial charge in [-0.15, -0.1) is 0 Å². The molecule has 0 spiro atoms. The Hall–Kier alpha value is -1.63. The van der Waals surface area contributed by atoms with Crippen molar-refractivity contribution in [1.29, 1.82) is 0 Å². The molecular weight excluding hydrogens is 561 g/mol. The number of ether oxygens (including phenoxy) is 1. The molecule has 141 valence electrons. The number of hydrogen-bond donors (Lipinski definition) is 1. The van der Waals surface area contributed by atoms with Crippen molar-refractivity contribution in [3.8, 4) is 0 Å². The van der Waals surface area contributed by atoms with Gasteiger partial charge < -0.3 is 0 Å². The summed E-state index contributed by atoms with van der Waals surface area (Å²) in [5.74, 6) is -0.721. The first-order valence-corrected chi connectivity index (χ1v) is 16.7. The summed E-state index contributed by atoms with van der Waals surface area (Å²) in [6.45, 7) is 5.67. The number of carbonyl (C=O) groups excluding carboxylic acids is 2. The topological polar surface area (TPSA) is 72.6 Å². The fourth-order valence-electron chi connectivity index (χ4n) is 3.29. The van der Waals surface area contributed by atoms with Gasteiger partial charge in [-0.2, -0.15) is 0 Å². The number of hydrogen-bond acceptors (Lipinski definition) is 5. The Kier molecular flexibility index (Phi) is 6.96. The van der Waals surface area contributed by atoms with Gasteiger partial charge >= 0.3 is 184 Å². The Morgan fingerprint density at radius 1 is 1.14 bits per heavy atom. The predicted octanol–water partition coefficient (Wildman–Crippen LogP) is 2.95. The number of amides is 1. The van der Waals surface area contributed by atoms with Gasteiger partial charge in [0, 0.05) is 0 Å². The van der Waals surface area contributed by atoms with Crippen LogP contribution in [0.4, 0.5) is 0 Å². The average molecular weight is 582 g/mol. The molecule has 28 heavy (non-hydrogen) atoms. The second-order valence-corrected chi connectivity index (χ2v) is 11.4. The van der Waals surface area contributed by atoms with Crippen LogP contribution in [0.3, 0.4) is 0 Å². The molecule has 3 rings (SSSR count). The summed E-state index contributed by atoms with van der Waals surface area (Å²) in [5.41, 5.74) is 8.23. The summed E-state index contributed by atoms with van der Waals surface area (Å²) in [7, 11) is 1.63. The summed E-state index contributed by atoms with van der Waals surface area (Å²) in [5, 5.41) is -0.183. The van der Waals surface area contributed by atoms with E-state index in [0.29, 0.717) is 30.2 Å². The number of likely N-dealkylation sites (tertiary alicyclic amines) is 1. The molecule has 3 atom stereocenters. The van der Waals surface area contributed by atoms with Crippen LogP contribution in [-0.2, 0) is 38.9 Å². The van der Waals surface area contributed by atoms with Crippen LogP contribution < -0.4 is 5.73 Å². The first-order chi connectivity index (χ1) is 13.5. The molecule has 7 heteroatoms. The van der Waals surface area contributed by atoms with Crippen LogP contribution in [0.2, 0.25) is 0 Å². The van der Waals surface area contributed by atoms with E-state index in [4.69, 9.17) is 10.5 Å². The first kappa shape index (κ1) is 21.1. The zero-order chi connectivity index (χ0) is 20.3. The molecular formula is C21H21HgN2O3S. The van der Waals surface area contributed by atoms with E-state index in [9.17, 15) is 9.59 Å². The van der Waals surface area contributed by atoms with E-state index in [1.54, 1.807) is 15.2 Å². The van der Waals surface area contributed by atoms with Crippen LogP contribution in [-0.4, -0.2) is 34.2 Å². The van der Waals surface area contributed by atoms with E-state index < -0.39 is 24.2 Å². The molecule has 1 aliphatic heterocycles. The number of nitrogens with two attached hydrogens (primary N) is 1. The predicted molar refractivity (Wildman–Crippen MR) is 106 cm³/mol. The molecule has 5 nitrogen and oxygen atoms in total. The Balaban J connectivity index is 1.90. The summed E-state index contributed by atoms with van der Waals surface area (Å²) in [4.78, 5) is 27.1. The molecule has 2 N–H and O–H groups in total. The van der Waals surface area contributed by atoms with Crippen molar-refractivity contribution in [3.63, 3.8) is 0 Å². The van der Waals surface area contributed by atoms with E-state index in [2.05, 4.69) is 6.58 Å². The second kappa shape index (κ2) is 9.24. The van der Waals surface area contributed by atoms with Gasteiger partial charge in [0.25, 0.3) is 0 Å². The fourth-order valence-corrected chi connectivity index (χ4v) is 8.29. The summed E-state index contributed by atoms with van der Waals surface area (Å²) >= 11 is 0.386. The standard InChI is InChI=1S/C21H22N2O3S.Hg/c1-13(2)17(23-19(24)16(22)20(23)27)21(25)26-18(14-9-5-3-6-10-14)15-11-7-4-8-12-15;/h3-12,16-18,20,27H,1,22H2,2H3;/q;+1/p-1. The molecule has 3 unspecified atom stereocenters. The molecule has 1 fully saturated rings. The van der Waals surface area contributed by atoms with Crippen molar-refractivity contribution in [1.82, 2.24) is 4.90 Å². The van der Waals surface area contributed by atoms with Crippen LogP contribution in [0, 0.1) is 0 Å². The van der Waals surface area contributed by atoms with E-state index in [1.165, 1.54) is 4.90 Å². The van der Waals surface area contributed by atoms with Gasteiger partial charge in [0.2, 0.25) is 0 Å². The zero-order valence-corrected chi connectivity index (χ0v) is 22.0. The van der Waals surface area contributed by atoms with Crippen molar-refractivity contribution in [3.05, 3.63) is 83.9 Å². The van der Waals surface area contributed by atoms with Crippen LogP contribution in [0.1, 0.15) is 24.2 Å². The SMILES string of the molecule is C=C(C)C(C(=O)OC(c1ccccc1)c1ccccc1)N1C(=O)C(N)C1[S][Hg]. The normalized spacial score (nSPS) is 19.9. The number of β-lactam (4-membered cyclic amide) rings is 1. The van der Waals surface area contributed by atoms with Crippen molar-refractivity contribution >= 4 is 20.1 Å². The van der Waals surface area contributed by atoms with Gasteiger partial charge in [-0.25, -0.2) is 0 Å². The third-order valence-electron chi connectivity index (χ3n) is 4.70. The molecule has 0 radical (unpaired) electrons. The maximum absolute atomic E-state index is 13.2. The second-order valence-electron chi connectivity index (χ2n) is 6.72. The number of rotatable bonds is 7. The van der Waals surface area contributed by atoms with Gasteiger partial charge in [0.15, 0.2) is 0 Å². The van der Waals surface area contributed by atoms with E-state index >= 15 is 0 Å². The molecule has 0 aromatic heterocycles. The Labute approximate surface area is 183 Å². The van der Waals surface area contributed by atoms with Gasteiger partial charge in [-0.3, -0.25) is 0 Å². The van der Waals surface area contributed by atoms with E-state index in [0.717, 1.165) is 11.1 Å². The van der Waals surface area contributed by atoms with Gasteiger partial charge in [0.1, 0.15) is 0 Å². The van der Waals surface area contributed by atoms with Gasteiger partial charge in [-0.05, 0) is 0 Å². The maximum atomic E-state index is 13.2. The molecule has 1 saturated heterocycles. The van der Waals surface area contributed by atoms with E-state index in [1.807, 2.05) is 60.7 Å². The summed E-state index contributed by atoms with van der Waals surface area (Å²) < 4.78 is 5.95. The molecule has 0 bridgehead atoms. The molecule has 0 saturated carbocycles. The number of esters is 1. The van der Waals surface area contributed by atoms with Gasteiger partial charge in [0.05, 0.1) is 0 Å². The molecule has 0 aliphatic carbocycles. The third-order valence-corrected chi connectivity index (χ3v) is 9.54. The van der Waals surface area contributed by atoms with Crippen LogP contribution in [0.25, 0.3) is 0 Å². The Morgan fingerprint density at radius 2 is 1.64 bits per heavy atom. The van der Waals surface area contributed by atoms with E-state index in [-0.39, 0.29) is 11.3 Å². The number of benzene rings is 2. The molecule has 2 aromatic carbocycles. The Bertz CT molecular complexity index is 823. The molecule has 1 aliphatic rings. The van der Waals surface area contributed by atoms with Gasteiger partial charge in [-0.1, -0.05) is 0 Å². The quantitative estimate of drug-likeness (QED) is 0.236. The summed E-state index contributed by atoms with van der Waals surface area (Å²) in [6, 6.07) is 17.7. The van der Waals surface area contributed by atoms with Crippen molar-refractivity contribution in [2.45, 2.75) is 30.5 Å². The van der Waals surface area contributed by atoms with Crippen LogP contribution in [0.15, 0.2) is 72.8 Å². The minimum atomic E-state index is -0.830. The summed E-state index contributed by atoms with van der Waals surface area (Å²) in [6.07, 6.45) is -0.562. The number of carbonyl (C=O) groups is 2. The van der Waals surface area contributed by atoms with Crippen molar-refractivity contribution in [2.75, 3.05) is 0 Å². The van der Waals surface area contributed by atoms with Crippen LogP contribution >= 0.6 is 8.24 Å². The molecule has 1 heterocycles. The average Bonchev–Trinajstić information content (AvgIpc) is 2.72. The molecule has 2 aromatic rings. The minimum absolute atomic E-state index is 0.183. The van der Waals surface area contributed by atoms with Crippen molar-refractivity contribution < 1.29 is 38.9 Å². The first-order valence-electron chi connectivity index (χ1n) is 8.90. The molecule has 1 amide bonds. The monoisotopic (exact) mass is 583 g/mol. The zero-order valence-electron chi connectivity index (χ0n) is 15.7. The van der Waals surface area contributed by atoms with Crippen molar-refractivity contribution in [2.24, 2.45) is 5.73 Å². The number of nitrogens with zero attached hydrogens (tertiary/aromatic N) is 1. The Morgan fingerprint density at radius 3 is 2.07 bits per heavy atom. The third kappa shape index (κ3) is 4.19. The fraction of sp³-hybridized carbons (Fsp3) is 0.238. The van der Waals surface area contributed by atoms with Crippen LogP contribution in [0.5, 0.6) is 0 Å².